The molecule has 0 aliphatic heterocycles. The molecule has 7 heteroatoms. The molecular weight excluding hydrogens is 288 g/mol. The van der Waals surface area contributed by atoms with Gasteiger partial charge in [-0.1, -0.05) is 25.3 Å². The third kappa shape index (κ3) is 3.41. The van der Waals surface area contributed by atoms with Crippen LogP contribution in [0.15, 0.2) is 24.3 Å². The second kappa shape index (κ2) is 6.55. The van der Waals surface area contributed by atoms with Crippen molar-refractivity contribution in [1.82, 2.24) is 5.32 Å². The molecule has 0 unspecified atom stereocenters. The normalized spacial score (nSPS) is 16.7. The van der Waals surface area contributed by atoms with E-state index in [9.17, 15) is 24.8 Å². The van der Waals surface area contributed by atoms with Crippen LogP contribution in [-0.2, 0) is 4.79 Å². The topological polar surface area (TPSA) is 110 Å². The van der Waals surface area contributed by atoms with E-state index in [1.165, 1.54) is 24.3 Å². The quantitative estimate of drug-likeness (QED) is 0.641. The molecule has 0 atom stereocenters. The standard InChI is InChI=1S/C15H18N2O5/c18-13(11-5-4-6-12(9-11)17(21)22)16-10-15(14(19)20)7-2-1-3-8-15/h4-6,9H,1-3,7-8,10H2,(H,16,18)(H,19,20). The van der Waals surface area contributed by atoms with E-state index in [0.717, 1.165) is 19.3 Å². The highest BCUT2D eigenvalue weighted by Gasteiger charge is 2.39. The van der Waals surface area contributed by atoms with Gasteiger partial charge in [-0.3, -0.25) is 19.7 Å². The molecule has 1 aliphatic rings. The van der Waals surface area contributed by atoms with Crippen molar-refractivity contribution >= 4 is 17.6 Å². The van der Waals surface area contributed by atoms with Crippen LogP contribution in [0.3, 0.4) is 0 Å². The summed E-state index contributed by atoms with van der Waals surface area (Å²) in [5.41, 5.74) is -0.932. The maximum atomic E-state index is 12.1. The molecule has 0 saturated heterocycles. The molecule has 22 heavy (non-hydrogen) atoms. The second-order valence-electron chi connectivity index (χ2n) is 5.64. The minimum Gasteiger partial charge on any atom is -0.481 e. The number of carbonyl (C=O) groups excluding carboxylic acids is 1. The van der Waals surface area contributed by atoms with Crippen LogP contribution < -0.4 is 5.32 Å². The molecule has 0 heterocycles. The molecule has 0 aromatic heterocycles. The van der Waals surface area contributed by atoms with E-state index >= 15 is 0 Å². The molecule has 1 saturated carbocycles. The number of nitrogens with zero attached hydrogens (tertiary/aromatic N) is 1. The fourth-order valence-corrected chi connectivity index (χ4v) is 2.81. The lowest BCUT2D eigenvalue weighted by Crippen LogP contribution is -2.44. The van der Waals surface area contributed by atoms with E-state index in [-0.39, 0.29) is 17.8 Å². The monoisotopic (exact) mass is 306 g/mol. The maximum Gasteiger partial charge on any atom is 0.311 e. The largest absolute Gasteiger partial charge is 0.481 e. The smallest absolute Gasteiger partial charge is 0.311 e. The molecule has 1 amide bonds. The fraction of sp³-hybridized carbons (Fsp3) is 0.467. The highest BCUT2D eigenvalue weighted by atomic mass is 16.6. The van der Waals surface area contributed by atoms with Crippen molar-refractivity contribution in [3.63, 3.8) is 0 Å². The Morgan fingerprint density at radius 3 is 2.55 bits per heavy atom. The van der Waals surface area contributed by atoms with Crippen molar-refractivity contribution in [3.8, 4) is 0 Å². The number of hydrogen-bond donors (Lipinski definition) is 2. The predicted octanol–water partition coefficient (Wildman–Crippen LogP) is 2.36. The number of aliphatic carboxylic acids is 1. The molecule has 0 spiro atoms. The number of carbonyl (C=O) groups is 2. The van der Waals surface area contributed by atoms with Crippen LogP contribution in [0.4, 0.5) is 5.69 Å². The van der Waals surface area contributed by atoms with Gasteiger partial charge in [0.2, 0.25) is 0 Å². The van der Waals surface area contributed by atoms with Crippen molar-refractivity contribution in [2.24, 2.45) is 5.41 Å². The number of nitro groups is 1. The van der Waals surface area contributed by atoms with Gasteiger partial charge in [0.1, 0.15) is 0 Å². The number of nitrogens with one attached hydrogen (secondary N) is 1. The van der Waals surface area contributed by atoms with E-state index < -0.39 is 22.2 Å². The molecule has 1 aromatic rings. The first kappa shape index (κ1) is 15.9. The van der Waals surface area contributed by atoms with Crippen molar-refractivity contribution in [1.29, 1.82) is 0 Å². The average molecular weight is 306 g/mol. The van der Waals surface area contributed by atoms with E-state index in [2.05, 4.69) is 5.32 Å². The summed E-state index contributed by atoms with van der Waals surface area (Å²) in [6, 6.07) is 5.39. The van der Waals surface area contributed by atoms with Crippen LogP contribution in [0.2, 0.25) is 0 Å². The van der Waals surface area contributed by atoms with E-state index in [4.69, 9.17) is 0 Å². The zero-order chi connectivity index (χ0) is 16.2. The fourth-order valence-electron chi connectivity index (χ4n) is 2.81. The number of carboxylic acid groups (broad SMARTS) is 1. The van der Waals surface area contributed by atoms with Crippen LogP contribution in [0.5, 0.6) is 0 Å². The number of rotatable bonds is 5. The second-order valence-corrected chi connectivity index (χ2v) is 5.64. The molecule has 7 nitrogen and oxygen atoms in total. The van der Waals surface area contributed by atoms with Gasteiger partial charge in [0, 0.05) is 24.2 Å². The van der Waals surface area contributed by atoms with Crippen molar-refractivity contribution in [2.45, 2.75) is 32.1 Å². The maximum absolute atomic E-state index is 12.1. The van der Waals surface area contributed by atoms with Gasteiger partial charge >= 0.3 is 5.97 Å². The Morgan fingerprint density at radius 1 is 1.27 bits per heavy atom. The summed E-state index contributed by atoms with van der Waals surface area (Å²) in [5, 5.41) is 22.8. The Kier molecular flexibility index (Phi) is 4.75. The highest BCUT2D eigenvalue weighted by molar-refractivity contribution is 5.95. The summed E-state index contributed by atoms with van der Waals surface area (Å²) in [6.45, 7) is 0.0455. The molecule has 2 N–H and O–H groups in total. The SMILES string of the molecule is O=C(NCC1(C(=O)O)CCCCC1)c1cccc([N+](=O)[O-])c1. The van der Waals surface area contributed by atoms with Gasteiger partial charge in [0.25, 0.3) is 11.6 Å². The minimum absolute atomic E-state index is 0.0455. The summed E-state index contributed by atoms with van der Waals surface area (Å²) < 4.78 is 0. The Hall–Kier alpha value is -2.44. The Bertz CT molecular complexity index is 593. The van der Waals surface area contributed by atoms with Gasteiger partial charge in [0.15, 0.2) is 0 Å². The lowest BCUT2D eigenvalue weighted by molar-refractivity contribution is -0.384. The summed E-state index contributed by atoms with van der Waals surface area (Å²) in [7, 11) is 0. The molecule has 1 aliphatic carbocycles. The van der Waals surface area contributed by atoms with Gasteiger partial charge in [-0.2, -0.15) is 0 Å². The molecule has 1 aromatic carbocycles. The van der Waals surface area contributed by atoms with Gasteiger partial charge in [0.05, 0.1) is 10.3 Å². The number of benzene rings is 1. The van der Waals surface area contributed by atoms with Gasteiger partial charge < -0.3 is 10.4 Å². The summed E-state index contributed by atoms with van der Waals surface area (Å²) >= 11 is 0. The number of carboxylic acids is 1. The summed E-state index contributed by atoms with van der Waals surface area (Å²) in [6.07, 6.45) is 3.75. The zero-order valence-corrected chi connectivity index (χ0v) is 12.1. The predicted molar refractivity (Wildman–Crippen MR) is 78.6 cm³/mol. The number of hydrogen-bond acceptors (Lipinski definition) is 4. The minimum atomic E-state index is -0.922. The van der Waals surface area contributed by atoms with Crippen molar-refractivity contribution < 1.29 is 19.6 Å². The van der Waals surface area contributed by atoms with E-state index in [0.29, 0.717) is 12.8 Å². The Labute approximate surface area is 127 Å². The lowest BCUT2D eigenvalue weighted by Gasteiger charge is -2.33. The Balaban J connectivity index is 2.06. The first-order valence-electron chi connectivity index (χ1n) is 7.21. The van der Waals surface area contributed by atoms with Gasteiger partial charge in [-0.05, 0) is 18.9 Å². The summed E-state index contributed by atoms with van der Waals surface area (Å²) in [4.78, 5) is 33.8. The molecule has 1 fully saturated rings. The first-order chi connectivity index (χ1) is 10.4. The summed E-state index contributed by atoms with van der Waals surface area (Å²) in [5.74, 6) is -1.39. The Morgan fingerprint density at radius 2 is 1.95 bits per heavy atom. The lowest BCUT2D eigenvalue weighted by atomic mass is 9.74. The zero-order valence-electron chi connectivity index (χ0n) is 12.1. The molecule has 0 radical (unpaired) electrons. The van der Waals surface area contributed by atoms with Crippen molar-refractivity contribution in [2.75, 3.05) is 6.54 Å². The third-order valence-electron chi connectivity index (χ3n) is 4.17. The van der Waals surface area contributed by atoms with Crippen LogP contribution in [0.1, 0.15) is 42.5 Å². The molecule has 0 bridgehead atoms. The number of nitro benzene ring substituents is 1. The molecule has 2 rings (SSSR count). The highest BCUT2D eigenvalue weighted by Crippen LogP contribution is 2.36. The van der Waals surface area contributed by atoms with Crippen LogP contribution in [-0.4, -0.2) is 28.5 Å². The van der Waals surface area contributed by atoms with Crippen LogP contribution >= 0.6 is 0 Å². The third-order valence-corrected chi connectivity index (χ3v) is 4.17. The number of non-ortho nitro benzene ring substituents is 1. The average Bonchev–Trinajstić information content (AvgIpc) is 2.53. The van der Waals surface area contributed by atoms with Crippen LogP contribution in [0.25, 0.3) is 0 Å². The number of amides is 1. The van der Waals surface area contributed by atoms with E-state index in [1.807, 2.05) is 0 Å². The molecular formula is C15H18N2O5. The van der Waals surface area contributed by atoms with Crippen molar-refractivity contribution in [3.05, 3.63) is 39.9 Å². The van der Waals surface area contributed by atoms with Gasteiger partial charge in [-0.15, -0.1) is 0 Å². The van der Waals surface area contributed by atoms with Gasteiger partial charge in [-0.25, -0.2) is 0 Å². The molecule has 118 valence electrons. The van der Waals surface area contributed by atoms with Crippen LogP contribution in [0, 0.1) is 15.5 Å². The van der Waals surface area contributed by atoms with E-state index in [1.54, 1.807) is 0 Å². The first-order valence-corrected chi connectivity index (χ1v) is 7.21.